The van der Waals surface area contributed by atoms with Gasteiger partial charge in [0.25, 0.3) is 5.56 Å². The number of nitrogens with zero attached hydrogens (tertiary/aromatic N) is 2. The number of rotatable bonds is 4. The van der Waals surface area contributed by atoms with Crippen LogP contribution in [0.5, 0.6) is 0 Å². The third-order valence-electron chi connectivity index (χ3n) is 4.84. The largest absolute Gasteiger partial charge is 0.376 e. The Morgan fingerprint density at radius 3 is 2.70 bits per heavy atom. The van der Waals surface area contributed by atoms with Gasteiger partial charge in [0.05, 0.1) is 11.2 Å². The molecule has 20 heavy (non-hydrogen) atoms. The van der Waals surface area contributed by atoms with Crippen LogP contribution in [0.15, 0.2) is 11.0 Å². The van der Waals surface area contributed by atoms with Crippen LogP contribution in [0.3, 0.4) is 0 Å². The van der Waals surface area contributed by atoms with Crippen molar-refractivity contribution in [2.45, 2.75) is 58.0 Å². The summed E-state index contributed by atoms with van der Waals surface area (Å²) >= 11 is 6.17. The van der Waals surface area contributed by atoms with E-state index in [1.165, 1.54) is 32.1 Å². The Hall–Kier alpha value is -1.03. The first-order valence-electron chi connectivity index (χ1n) is 7.67. The fraction of sp³-hybridized carbons (Fsp3) is 0.733. The third kappa shape index (κ3) is 2.71. The molecule has 5 heteroatoms. The molecule has 1 N–H and O–H groups in total. The predicted molar refractivity (Wildman–Crippen MR) is 81.3 cm³/mol. The van der Waals surface area contributed by atoms with Gasteiger partial charge in [-0.2, -0.15) is 5.10 Å². The van der Waals surface area contributed by atoms with Gasteiger partial charge in [0.15, 0.2) is 0 Å². The highest BCUT2D eigenvalue weighted by Crippen LogP contribution is 2.30. The quantitative estimate of drug-likeness (QED) is 0.927. The summed E-state index contributed by atoms with van der Waals surface area (Å²) in [7, 11) is 0. The molecule has 1 aromatic heterocycles. The van der Waals surface area contributed by atoms with Crippen LogP contribution in [0.4, 0.5) is 5.69 Å². The first-order valence-corrected chi connectivity index (χ1v) is 8.05. The van der Waals surface area contributed by atoms with E-state index in [0.29, 0.717) is 28.6 Å². The fourth-order valence-electron chi connectivity index (χ4n) is 3.19. The van der Waals surface area contributed by atoms with Gasteiger partial charge in [-0.25, -0.2) is 4.68 Å². The van der Waals surface area contributed by atoms with E-state index in [2.05, 4.69) is 17.3 Å². The lowest BCUT2D eigenvalue weighted by Crippen LogP contribution is -2.33. The average molecular weight is 296 g/mol. The minimum absolute atomic E-state index is 0.0662. The Bertz CT molecular complexity index is 538. The maximum absolute atomic E-state index is 12.5. The van der Waals surface area contributed by atoms with E-state index >= 15 is 0 Å². The van der Waals surface area contributed by atoms with Gasteiger partial charge in [0.1, 0.15) is 5.69 Å². The van der Waals surface area contributed by atoms with Crippen molar-refractivity contribution in [2.24, 2.45) is 11.8 Å². The summed E-state index contributed by atoms with van der Waals surface area (Å²) in [6.45, 7) is 2.96. The number of hydrogen-bond donors (Lipinski definition) is 1. The summed E-state index contributed by atoms with van der Waals surface area (Å²) < 4.78 is 1.58. The van der Waals surface area contributed by atoms with E-state index in [9.17, 15) is 4.79 Å². The van der Waals surface area contributed by atoms with Crippen molar-refractivity contribution in [3.8, 4) is 0 Å². The first kappa shape index (κ1) is 13.9. The van der Waals surface area contributed by atoms with Crippen molar-refractivity contribution in [1.82, 2.24) is 9.78 Å². The van der Waals surface area contributed by atoms with Crippen LogP contribution in [-0.4, -0.2) is 15.8 Å². The molecule has 0 spiro atoms. The molecule has 0 bridgehead atoms. The van der Waals surface area contributed by atoms with Crippen LogP contribution in [0.1, 0.15) is 45.4 Å². The lowest BCUT2D eigenvalue weighted by molar-refractivity contribution is 0.262. The molecule has 1 heterocycles. The van der Waals surface area contributed by atoms with E-state index in [0.717, 1.165) is 13.0 Å². The minimum atomic E-state index is -0.0662. The number of anilines is 1. The number of hydrogen-bond acceptors (Lipinski definition) is 3. The first-order chi connectivity index (χ1) is 9.65. The van der Waals surface area contributed by atoms with E-state index < -0.39 is 0 Å². The highest BCUT2D eigenvalue weighted by molar-refractivity contribution is 6.33. The Morgan fingerprint density at radius 2 is 2.10 bits per heavy atom. The zero-order chi connectivity index (χ0) is 14.1. The Balaban J connectivity index is 1.81. The number of nitrogens with one attached hydrogen (secondary N) is 1. The zero-order valence-corrected chi connectivity index (χ0v) is 12.7. The van der Waals surface area contributed by atoms with Crippen molar-refractivity contribution in [2.75, 3.05) is 5.32 Å². The van der Waals surface area contributed by atoms with Crippen LogP contribution in [-0.2, 0) is 6.54 Å². The standard InChI is InChI=1S/C15H22ClN3O/c1-10-4-2-7-13(10)18-14-12(16)8-17-19(15(14)20)9-11-5-3-6-11/h8,10-11,13,18H,2-7,9H2,1H3. The molecular weight excluding hydrogens is 274 g/mol. The Morgan fingerprint density at radius 1 is 1.35 bits per heavy atom. The second-order valence-corrected chi connectivity index (χ2v) is 6.72. The molecule has 0 amide bonds. The topological polar surface area (TPSA) is 46.9 Å². The maximum atomic E-state index is 12.5. The van der Waals surface area contributed by atoms with Crippen molar-refractivity contribution in [1.29, 1.82) is 0 Å². The lowest BCUT2D eigenvalue weighted by atomic mass is 9.85. The second kappa shape index (κ2) is 5.76. The Labute approximate surface area is 124 Å². The molecule has 110 valence electrons. The van der Waals surface area contributed by atoms with Crippen molar-refractivity contribution in [3.05, 3.63) is 21.6 Å². The molecule has 2 saturated carbocycles. The molecule has 0 aromatic carbocycles. The summed E-state index contributed by atoms with van der Waals surface area (Å²) in [6, 6.07) is 0.361. The molecule has 3 rings (SSSR count). The van der Waals surface area contributed by atoms with Gasteiger partial charge >= 0.3 is 0 Å². The molecule has 0 aliphatic heterocycles. The van der Waals surface area contributed by atoms with Gasteiger partial charge < -0.3 is 5.32 Å². The maximum Gasteiger partial charge on any atom is 0.291 e. The molecule has 1 aromatic rings. The van der Waals surface area contributed by atoms with Crippen LogP contribution < -0.4 is 10.9 Å². The summed E-state index contributed by atoms with van der Waals surface area (Å²) in [5, 5.41) is 8.00. The predicted octanol–water partition coefficient (Wildman–Crippen LogP) is 3.30. The highest BCUT2D eigenvalue weighted by atomic mass is 35.5. The fourth-order valence-corrected chi connectivity index (χ4v) is 3.37. The lowest BCUT2D eigenvalue weighted by Gasteiger charge is -2.26. The van der Waals surface area contributed by atoms with Gasteiger partial charge in [0.2, 0.25) is 0 Å². The van der Waals surface area contributed by atoms with Crippen molar-refractivity contribution in [3.63, 3.8) is 0 Å². The molecule has 2 aliphatic rings. The molecule has 0 saturated heterocycles. The summed E-state index contributed by atoms with van der Waals surface area (Å²) in [4.78, 5) is 12.5. The SMILES string of the molecule is CC1CCCC1Nc1c(Cl)cnn(CC2CCC2)c1=O. The molecule has 2 unspecified atom stereocenters. The minimum Gasteiger partial charge on any atom is -0.376 e. The van der Waals surface area contributed by atoms with Gasteiger partial charge in [-0.05, 0) is 37.5 Å². The molecule has 2 atom stereocenters. The second-order valence-electron chi connectivity index (χ2n) is 6.31. The van der Waals surface area contributed by atoms with Gasteiger partial charge in [-0.3, -0.25) is 4.79 Å². The smallest absolute Gasteiger partial charge is 0.291 e. The van der Waals surface area contributed by atoms with E-state index in [-0.39, 0.29) is 5.56 Å². The molecule has 4 nitrogen and oxygen atoms in total. The normalized spacial score (nSPS) is 26.5. The van der Waals surface area contributed by atoms with E-state index in [1.807, 2.05) is 0 Å². The summed E-state index contributed by atoms with van der Waals surface area (Å²) in [6.07, 6.45) is 8.84. The molecular formula is C15H22ClN3O. The van der Waals surface area contributed by atoms with Crippen molar-refractivity contribution < 1.29 is 0 Å². The van der Waals surface area contributed by atoms with Crippen LogP contribution in [0.2, 0.25) is 5.02 Å². The average Bonchev–Trinajstić information content (AvgIpc) is 2.77. The molecule has 2 aliphatic carbocycles. The van der Waals surface area contributed by atoms with Gasteiger partial charge in [-0.15, -0.1) is 0 Å². The third-order valence-corrected chi connectivity index (χ3v) is 5.13. The molecule has 2 fully saturated rings. The van der Waals surface area contributed by atoms with Gasteiger partial charge in [-0.1, -0.05) is 31.4 Å². The zero-order valence-electron chi connectivity index (χ0n) is 11.9. The van der Waals surface area contributed by atoms with E-state index in [4.69, 9.17) is 11.6 Å². The van der Waals surface area contributed by atoms with Crippen LogP contribution >= 0.6 is 11.6 Å². The van der Waals surface area contributed by atoms with E-state index in [1.54, 1.807) is 10.9 Å². The molecule has 0 radical (unpaired) electrons. The van der Waals surface area contributed by atoms with Crippen LogP contribution in [0.25, 0.3) is 0 Å². The monoisotopic (exact) mass is 295 g/mol. The van der Waals surface area contributed by atoms with Crippen molar-refractivity contribution >= 4 is 17.3 Å². The van der Waals surface area contributed by atoms with Gasteiger partial charge in [0, 0.05) is 12.6 Å². The summed E-state index contributed by atoms with van der Waals surface area (Å²) in [5.41, 5.74) is 0.475. The van der Waals surface area contributed by atoms with Crippen LogP contribution in [0, 0.1) is 11.8 Å². The Kier molecular flexibility index (Phi) is 4.01. The number of halogens is 1. The highest BCUT2D eigenvalue weighted by Gasteiger charge is 2.26. The number of aromatic nitrogens is 2. The summed E-state index contributed by atoms with van der Waals surface area (Å²) in [5.74, 6) is 1.21.